The third-order valence-electron chi connectivity index (χ3n) is 2.39. The van der Waals surface area contributed by atoms with E-state index in [0.717, 1.165) is 0 Å². The molecule has 3 nitrogen and oxygen atoms in total. The van der Waals surface area contributed by atoms with Crippen molar-refractivity contribution in [2.75, 3.05) is 0 Å². The lowest BCUT2D eigenvalue weighted by Gasteiger charge is -2.20. The number of nitrogens with zero attached hydrogens (tertiary/aromatic N) is 3. The van der Waals surface area contributed by atoms with Gasteiger partial charge in [-0.25, -0.2) is 0 Å². The summed E-state index contributed by atoms with van der Waals surface area (Å²) in [6.45, 7) is 0. The van der Waals surface area contributed by atoms with E-state index in [1.54, 1.807) is 0 Å². The van der Waals surface area contributed by atoms with Crippen LogP contribution in [0.1, 0.15) is 0 Å². The molecule has 4 heteroatoms. The molecule has 80 valence electrons. The molecule has 0 amide bonds. The van der Waals surface area contributed by atoms with Crippen LogP contribution < -0.4 is 0 Å². The Morgan fingerprint density at radius 1 is 0.438 bits per heavy atom. The van der Waals surface area contributed by atoms with Crippen LogP contribution >= 0.6 is 8.37 Å². The molecule has 0 fully saturated rings. The Morgan fingerprint density at radius 3 is 0.938 bits per heavy atom. The van der Waals surface area contributed by atoms with Crippen molar-refractivity contribution in [3.05, 3.63) is 73.6 Å². The van der Waals surface area contributed by atoms with Crippen LogP contribution in [-0.2, 0) is 0 Å². The molecule has 0 spiro atoms. The van der Waals surface area contributed by atoms with E-state index >= 15 is 0 Å². The summed E-state index contributed by atoms with van der Waals surface area (Å²) >= 11 is 0. The number of aromatic nitrogens is 3. The minimum absolute atomic E-state index is 0.585. The van der Waals surface area contributed by atoms with Crippen molar-refractivity contribution < 1.29 is 0 Å². The summed E-state index contributed by atoms with van der Waals surface area (Å²) in [5, 5.41) is 0. The van der Waals surface area contributed by atoms with E-state index in [0.29, 0.717) is 0 Å². The monoisotopic (exact) mass is 229 g/mol. The van der Waals surface area contributed by atoms with Gasteiger partial charge in [-0.15, -0.1) is 0 Å². The van der Waals surface area contributed by atoms with Gasteiger partial charge < -0.3 is 0 Å². The summed E-state index contributed by atoms with van der Waals surface area (Å²) in [5.74, 6) is 0. The van der Waals surface area contributed by atoms with Crippen LogP contribution in [0.4, 0.5) is 0 Å². The largest absolute Gasteiger partial charge is 0.299 e. The van der Waals surface area contributed by atoms with Gasteiger partial charge in [0.1, 0.15) is 0 Å². The standard InChI is InChI=1S/C12H12N3P/c1-2-8-13(7-1)16(14-9-3-4-10-14)15-11-5-6-12-15/h1-12H. The molecule has 0 aromatic carbocycles. The molecular formula is C12H12N3P. The van der Waals surface area contributed by atoms with Crippen molar-refractivity contribution >= 4 is 8.37 Å². The lowest BCUT2D eigenvalue weighted by atomic mass is 10.7. The van der Waals surface area contributed by atoms with Crippen LogP contribution in [0, 0.1) is 0 Å². The van der Waals surface area contributed by atoms with Crippen LogP contribution in [0.5, 0.6) is 0 Å². The zero-order chi connectivity index (χ0) is 10.8. The summed E-state index contributed by atoms with van der Waals surface area (Å²) in [4.78, 5) is 0. The Hall–Kier alpha value is -1.73. The molecule has 0 bridgehead atoms. The van der Waals surface area contributed by atoms with E-state index in [1.807, 2.05) is 0 Å². The second kappa shape index (κ2) is 4.03. The van der Waals surface area contributed by atoms with Gasteiger partial charge in [0.15, 0.2) is 0 Å². The Balaban J connectivity index is 2.09. The molecule has 3 rings (SSSR count). The maximum absolute atomic E-state index is 2.23. The first-order valence-electron chi connectivity index (χ1n) is 5.15. The minimum atomic E-state index is -0.585. The summed E-state index contributed by atoms with van der Waals surface area (Å²) in [7, 11) is -0.585. The molecule has 0 saturated heterocycles. The van der Waals surface area contributed by atoms with Crippen LogP contribution in [0.25, 0.3) is 0 Å². The van der Waals surface area contributed by atoms with E-state index in [9.17, 15) is 0 Å². The Labute approximate surface area is 95.5 Å². The first-order valence-corrected chi connectivity index (χ1v) is 6.35. The van der Waals surface area contributed by atoms with Crippen molar-refractivity contribution in [2.45, 2.75) is 0 Å². The highest BCUT2D eigenvalue weighted by Crippen LogP contribution is 2.40. The van der Waals surface area contributed by atoms with Gasteiger partial charge in [0, 0.05) is 37.2 Å². The van der Waals surface area contributed by atoms with Gasteiger partial charge in [0.25, 0.3) is 0 Å². The van der Waals surface area contributed by atoms with E-state index in [-0.39, 0.29) is 0 Å². The molecule has 0 atom stereocenters. The lowest BCUT2D eigenvalue weighted by molar-refractivity contribution is 1.05. The number of rotatable bonds is 3. The zero-order valence-electron chi connectivity index (χ0n) is 8.72. The van der Waals surface area contributed by atoms with Gasteiger partial charge in [-0.1, -0.05) is 0 Å². The second-order valence-electron chi connectivity index (χ2n) is 3.46. The SMILES string of the molecule is c1ccn(P(n2cccc2)n2cccc2)c1. The first kappa shape index (κ1) is 9.49. The van der Waals surface area contributed by atoms with Crippen molar-refractivity contribution in [2.24, 2.45) is 0 Å². The van der Waals surface area contributed by atoms with Gasteiger partial charge in [-0.3, -0.25) is 13.0 Å². The van der Waals surface area contributed by atoms with Gasteiger partial charge in [0.05, 0.1) is 0 Å². The second-order valence-corrected chi connectivity index (χ2v) is 5.38. The van der Waals surface area contributed by atoms with Crippen LogP contribution in [-0.4, -0.2) is 13.0 Å². The number of hydrogen-bond acceptors (Lipinski definition) is 0. The predicted octanol–water partition coefficient (Wildman–Crippen LogP) is 3.26. The molecule has 0 aliphatic heterocycles. The molecule has 0 N–H and O–H groups in total. The maximum Gasteiger partial charge on any atom is 0.219 e. The average Bonchev–Trinajstić information content (AvgIpc) is 3.02. The molecule has 0 aliphatic carbocycles. The summed E-state index contributed by atoms with van der Waals surface area (Å²) in [6.07, 6.45) is 12.6. The number of hydrogen-bond donors (Lipinski definition) is 0. The molecule has 3 aromatic heterocycles. The van der Waals surface area contributed by atoms with E-state index in [4.69, 9.17) is 0 Å². The Bertz CT molecular complexity index is 441. The van der Waals surface area contributed by atoms with Gasteiger partial charge in [-0.2, -0.15) is 0 Å². The van der Waals surface area contributed by atoms with Crippen LogP contribution in [0.3, 0.4) is 0 Å². The Kier molecular flexibility index (Phi) is 2.39. The molecule has 3 heterocycles. The third-order valence-corrected chi connectivity index (χ3v) is 4.43. The Morgan fingerprint density at radius 2 is 0.688 bits per heavy atom. The van der Waals surface area contributed by atoms with Gasteiger partial charge in [-0.05, 0) is 36.4 Å². The van der Waals surface area contributed by atoms with E-state index in [1.165, 1.54) is 0 Å². The summed E-state index contributed by atoms with van der Waals surface area (Å²) in [5.41, 5.74) is 0. The molecule has 0 aliphatic rings. The molecule has 0 radical (unpaired) electrons. The lowest BCUT2D eigenvalue weighted by Crippen LogP contribution is -2.03. The molecule has 3 aromatic rings. The molecule has 0 saturated carbocycles. The fourth-order valence-electron chi connectivity index (χ4n) is 1.69. The smallest absolute Gasteiger partial charge is 0.219 e. The molecule has 16 heavy (non-hydrogen) atoms. The van der Waals surface area contributed by atoms with E-state index in [2.05, 4.69) is 86.6 Å². The summed E-state index contributed by atoms with van der Waals surface area (Å²) in [6, 6.07) is 12.3. The third kappa shape index (κ3) is 1.59. The minimum Gasteiger partial charge on any atom is -0.299 e. The fourth-order valence-corrected chi connectivity index (χ4v) is 3.58. The summed E-state index contributed by atoms with van der Waals surface area (Å²) < 4.78 is 6.69. The highest BCUT2D eigenvalue weighted by atomic mass is 31.1. The highest BCUT2D eigenvalue weighted by molar-refractivity contribution is 7.52. The van der Waals surface area contributed by atoms with Crippen molar-refractivity contribution in [3.63, 3.8) is 0 Å². The molecule has 0 unspecified atom stereocenters. The fraction of sp³-hybridized carbons (Fsp3) is 0. The predicted molar refractivity (Wildman–Crippen MR) is 66.4 cm³/mol. The average molecular weight is 229 g/mol. The van der Waals surface area contributed by atoms with Crippen molar-refractivity contribution in [3.8, 4) is 0 Å². The van der Waals surface area contributed by atoms with Crippen LogP contribution in [0.2, 0.25) is 0 Å². The van der Waals surface area contributed by atoms with Gasteiger partial charge in [0.2, 0.25) is 8.37 Å². The first-order chi connectivity index (χ1) is 7.95. The maximum atomic E-state index is 2.23. The normalized spacial score (nSPS) is 11.1. The van der Waals surface area contributed by atoms with Crippen molar-refractivity contribution in [1.29, 1.82) is 0 Å². The molecular weight excluding hydrogens is 217 g/mol. The van der Waals surface area contributed by atoms with Crippen LogP contribution in [0.15, 0.2) is 73.6 Å². The van der Waals surface area contributed by atoms with E-state index < -0.39 is 8.37 Å². The quantitative estimate of drug-likeness (QED) is 0.612. The zero-order valence-corrected chi connectivity index (χ0v) is 9.61. The van der Waals surface area contributed by atoms with Gasteiger partial charge >= 0.3 is 0 Å². The van der Waals surface area contributed by atoms with Crippen molar-refractivity contribution in [1.82, 2.24) is 13.0 Å². The highest BCUT2D eigenvalue weighted by Gasteiger charge is 2.12. The topological polar surface area (TPSA) is 14.8 Å².